The van der Waals surface area contributed by atoms with E-state index in [1.165, 1.54) is 0 Å². The molecule has 3 aromatic rings. The Morgan fingerprint density at radius 3 is 2.59 bits per heavy atom. The van der Waals surface area contributed by atoms with Crippen LogP contribution >= 0.6 is 0 Å². The molecule has 4 amide bonds. The van der Waals surface area contributed by atoms with Gasteiger partial charge in [-0.15, -0.1) is 0 Å². The zero-order chi connectivity index (χ0) is 33.1. The summed E-state index contributed by atoms with van der Waals surface area (Å²) in [6.07, 6.45) is 5.13. The van der Waals surface area contributed by atoms with Crippen LogP contribution in [0.4, 0.5) is 0 Å². The number of carbonyl (C=O) groups is 4. The van der Waals surface area contributed by atoms with Crippen molar-refractivity contribution in [2.75, 3.05) is 6.54 Å². The van der Waals surface area contributed by atoms with Gasteiger partial charge in [0.2, 0.25) is 23.6 Å². The van der Waals surface area contributed by atoms with Gasteiger partial charge < -0.3 is 25.8 Å². The number of nitrogens with one attached hydrogen (secondary N) is 4. The largest absolute Gasteiger partial charge is 0.361 e. The van der Waals surface area contributed by atoms with Crippen molar-refractivity contribution in [3.05, 3.63) is 53.0 Å². The van der Waals surface area contributed by atoms with Gasteiger partial charge in [0, 0.05) is 67.7 Å². The number of hydrogen-bond donors (Lipinski definition) is 4. The number of aromatic nitrogens is 3. The molecule has 4 heterocycles. The molecule has 0 unspecified atom stereocenters. The maximum atomic E-state index is 14.4. The Morgan fingerprint density at radius 2 is 1.87 bits per heavy atom. The van der Waals surface area contributed by atoms with E-state index >= 15 is 0 Å². The van der Waals surface area contributed by atoms with E-state index in [-0.39, 0.29) is 60.9 Å². The lowest BCUT2D eigenvalue weighted by Gasteiger charge is -2.30. The van der Waals surface area contributed by atoms with Crippen molar-refractivity contribution in [3.63, 3.8) is 0 Å². The SMILES string of the molecule is Cc1nn(C)c(C)c1CCC(=O)N[C@@H]1C[C@H]2C(=O)N[C@H](C(C)C)CC[C@@H](C)CC(=O)N[C@H](Cc3c[nH]c4ccccc34)C(=O)N2C1. The highest BCUT2D eigenvalue weighted by atomic mass is 16.2. The van der Waals surface area contributed by atoms with Crippen LogP contribution in [0.2, 0.25) is 0 Å². The third kappa shape index (κ3) is 7.45. The molecule has 0 saturated carbocycles. The number of benzene rings is 1. The van der Waals surface area contributed by atoms with E-state index in [4.69, 9.17) is 0 Å². The molecule has 2 aliphatic heterocycles. The van der Waals surface area contributed by atoms with E-state index in [0.717, 1.165) is 46.3 Å². The summed E-state index contributed by atoms with van der Waals surface area (Å²) in [4.78, 5) is 59.6. The molecule has 11 nitrogen and oxygen atoms in total. The molecule has 46 heavy (non-hydrogen) atoms. The van der Waals surface area contributed by atoms with E-state index in [9.17, 15) is 19.2 Å². The Hall–Kier alpha value is -4.15. The third-order valence-corrected chi connectivity index (χ3v) is 9.88. The summed E-state index contributed by atoms with van der Waals surface area (Å²) in [6.45, 7) is 10.3. The van der Waals surface area contributed by atoms with E-state index in [0.29, 0.717) is 19.3 Å². The van der Waals surface area contributed by atoms with Gasteiger partial charge in [-0.3, -0.25) is 23.9 Å². The van der Waals surface area contributed by atoms with Crippen molar-refractivity contribution in [1.82, 2.24) is 35.6 Å². The lowest BCUT2D eigenvalue weighted by atomic mass is 9.92. The molecule has 0 radical (unpaired) electrons. The maximum absolute atomic E-state index is 14.4. The molecule has 2 aliphatic rings. The highest BCUT2D eigenvalue weighted by Crippen LogP contribution is 2.26. The molecule has 248 valence electrons. The van der Waals surface area contributed by atoms with Gasteiger partial charge in [-0.05, 0) is 68.6 Å². The number of rotatable bonds is 7. The van der Waals surface area contributed by atoms with E-state index in [1.54, 1.807) is 4.90 Å². The Bertz CT molecular complexity index is 1590. The van der Waals surface area contributed by atoms with E-state index < -0.39 is 18.1 Å². The van der Waals surface area contributed by atoms with Crippen LogP contribution in [0.15, 0.2) is 30.5 Å². The molecule has 0 aliphatic carbocycles. The number of H-pyrrole nitrogens is 1. The van der Waals surface area contributed by atoms with Gasteiger partial charge in [0.1, 0.15) is 12.1 Å². The topological polar surface area (TPSA) is 141 Å². The zero-order valence-electron chi connectivity index (χ0n) is 28.0. The Kier molecular flexibility index (Phi) is 10.2. The highest BCUT2D eigenvalue weighted by Gasteiger charge is 2.43. The number of aromatic amines is 1. The third-order valence-electron chi connectivity index (χ3n) is 9.88. The summed E-state index contributed by atoms with van der Waals surface area (Å²) in [5.41, 5.74) is 4.87. The lowest BCUT2D eigenvalue weighted by Crippen LogP contribution is -2.55. The second kappa shape index (κ2) is 14.1. The number of carbonyl (C=O) groups excluding carboxylic acids is 4. The fraction of sp³-hybridized carbons (Fsp3) is 0.571. The number of nitrogens with zero attached hydrogens (tertiary/aromatic N) is 3. The monoisotopic (exact) mass is 631 g/mol. The van der Waals surface area contributed by atoms with Crippen molar-refractivity contribution < 1.29 is 19.2 Å². The van der Waals surface area contributed by atoms with Gasteiger partial charge in [0.15, 0.2) is 0 Å². The normalized spacial score (nSPS) is 24.6. The van der Waals surface area contributed by atoms with Crippen molar-refractivity contribution in [3.8, 4) is 0 Å². The van der Waals surface area contributed by atoms with Gasteiger partial charge in [-0.2, -0.15) is 5.10 Å². The predicted octanol–water partition coefficient (Wildman–Crippen LogP) is 3.22. The van der Waals surface area contributed by atoms with Crippen molar-refractivity contribution >= 4 is 34.5 Å². The number of fused-ring (bicyclic) bond motifs is 2. The van der Waals surface area contributed by atoms with Gasteiger partial charge in [-0.1, -0.05) is 39.0 Å². The minimum Gasteiger partial charge on any atom is -0.361 e. The van der Waals surface area contributed by atoms with Crippen LogP contribution < -0.4 is 16.0 Å². The minimum absolute atomic E-state index is 0.0858. The van der Waals surface area contributed by atoms with Crippen LogP contribution in [-0.2, 0) is 39.1 Å². The number of amides is 4. The molecule has 0 bridgehead atoms. The first-order chi connectivity index (χ1) is 21.9. The number of para-hydroxylation sites is 1. The second-order valence-corrected chi connectivity index (χ2v) is 13.7. The van der Waals surface area contributed by atoms with Crippen LogP contribution in [0.5, 0.6) is 0 Å². The predicted molar refractivity (Wildman–Crippen MR) is 177 cm³/mol. The minimum atomic E-state index is -0.859. The Morgan fingerprint density at radius 1 is 1.11 bits per heavy atom. The average molecular weight is 632 g/mol. The summed E-state index contributed by atoms with van der Waals surface area (Å²) in [6, 6.07) is 5.76. The van der Waals surface area contributed by atoms with Crippen molar-refractivity contribution in [1.29, 1.82) is 0 Å². The summed E-state index contributed by atoms with van der Waals surface area (Å²) in [7, 11) is 1.89. The molecule has 2 saturated heterocycles. The Balaban J connectivity index is 1.39. The van der Waals surface area contributed by atoms with Crippen molar-refractivity contribution in [2.45, 2.75) is 104 Å². The maximum Gasteiger partial charge on any atom is 0.246 e. The summed E-state index contributed by atoms with van der Waals surface area (Å²) in [5.74, 6) is -0.550. The molecule has 5 atom stereocenters. The summed E-state index contributed by atoms with van der Waals surface area (Å²) >= 11 is 0. The molecule has 0 spiro atoms. The zero-order valence-corrected chi connectivity index (χ0v) is 28.0. The molecule has 2 fully saturated rings. The Labute approximate surface area is 271 Å². The summed E-state index contributed by atoms with van der Waals surface area (Å²) in [5, 5.41) is 14.8. The first kappa shape index (κ1) is 33.2. The van der Waals surface area contributed by atoms with Crippen LogP contribution in [0.1, 0.15) is 75.4 Å². The van der Waals surface area contributed by atoms with Gasteiger partial charge >= 0.3 is 0 Å². The standard InChI is InChI=1S/C35H49N7O4/c1-20(2)28-13-11-21(3)15-33(44)38-30(16-24-18-36-29-10-8-7-9-27(24)29)35(46)42-19-25(17-31(42)34(45)39-28)37-32(43)14-12-26-22(4)40-41(6)23(26)5/h7-10,18,20-21,25,28,30-31,36H,11-17,19H2,1-6H3,(H,37,43)(H,38,44)(H,39,45)/t21-,25-,28+,30-,31+/m1/s1. The summed E-state index contributed by atoms with van der Waals surface area (Å²) < 4.78 is 1.82. The van der Waals surface area contributed by atoms with Gasteiger partial charge in [0.05, 0.1) is 5.69 Å². The molecule has 1 aromatic carbocycles. The molecule has 5 rings (SSSR count). The molecule has 2 aromatic heterocycles. The lowest BCUT2D eigenvalue weighted by molar-refractivity contribution is -0.141. The van der Waals surface area contributed by atoms with Crippen LogP contribution in [0.25, 0.3) is 10.9 Å². The van der Waals surface area contributed by atoms with E-state index in [2.05, 4.69) is 39.9 Å². The van der Waals surface area contributed by atoms with Gasteiger partial charge in [0.25, 0.3) is 0 Å². The quantitative estimate of drug-likeness (QED) is 0.317. The molecular formula is C35H49N7O4. The molecule has 11 heteroatoms. The highest BCUT2D eigenvalue weighted by molar-refractivity contribution is 5.94. The first-order valence-corrected chi connectivity index (χ1v) is 16.6. The number of aryl methyl sites for hydroxylation is 2. The van der Waals surface area contributed by atoms with Crippen LogP contribution in [-0.4, -0.2) is 74.0 Å². The average Bonchev–Trinajstić information content (AvgIpc) is 3.68. The fourth-order valence-electron chi connectivity index (χ4n) is 7.06. The van der Waals surface area contributed by atoms with E-state index in [1.807, 2.05) is 63.0 Å². The molecule has 4 N–H and O–H groups in total. The number of hydrogen-bond acceptors (Lipinski definition) is 5. The smallest absolute Gasteiger partial charge is 0.246 e. The molecular weight excluding hydrogens is 582 g/mol. The van der Waals surface area contributed by atoms with Crippen LogP contribution in [0, 0.1) is 25.7 Å². The van der Waals surface area contributed by atoms with Gasteiger partial charge in [-0.25, -0.2) is 0 Å². The second-order valence-electron chi connectivity index (χ2n) is 13.7. The fourth-order valence-corrected chi connectivity index (χ4v) is 7.06. The first-order valence-electron chi connectivity index (χ1n) is 16.6. The van der Waals surface area contributed by atoms with Crippen molar-refractivity contribution in [2.24, 2.45) is 18.9 Å². The van der Waals surface area contributed by atoms with Crippen LogP contribution in [0.3, 0.4) is 0 Å².